The molecular formula is C17H13Cl2NO3. The van der Waals surface area contributed by atoms with Crippen molar-refractivity contribution < 1.29 is 14.7 Å². The van der Waals surface area contributed by atoms with Crippen molar-refractivity contribution in [2.75, 3.05) is 0 Å². The summed E-state index contributed by atoms with van der Waals surface area (Å²) in [5.74, 6) is -0.466. The molecule has 2 aromatic carbocycles. The lowest BCUT2D eigenvalue weighted by molar-refractivity contribution is -0.155. The van der Waals surface area contributed by atoms with E-state index in [1.165, 1.54) is 0 Å². The van der Waals surface area contributed by atoms with Crippen molar-refractivity contribution in [3.05, 3.63) is 69.7 Å². The summed E-state index contributed by atoms with van der Waals surface area (Å²) < 4.78 is 0. The van der Waals surface area contributed by atoms with Crippen molar-refractivity contribution >= 4 is 35.2 Å². The first-order chi connectivity index (χ1) is 10.9. The van der Waals surface area contributed by atoms with Gasteiger partial charge in [0.2, 0.25) is 5.91 Å². The van der Waals surface area contributed by atoms with Gasteiger partial charge < -0.3 is 5.11 Å². The van der Waals surface area contributed by atoms with Crippen LogP contribution in [0.4, 0.5) is 4.79 Å². The minimum absolute atomic E-state index is 0.466. The highest BCUT2D eigenvalue weighted by Crippen LogP contribution is 2.51. The Balaban J connectivity index is 2.12. The number of amides is 2. The number of carboxylic acid groups (broad SMARTS) is 1. The van der Waals surface area contributed by atoms with Crippen LogP contribution in [-0.2, 0) is 10.2 Å². The Hall–Kier alpha value is -2.04. The van der Waals surface area contributed by atoms with Gasteiger partial charge in [-0.05, 0) is 42.3 Å². The smallest absolute Gasteiger partial charge is 0.414 e. The number of benzene rings is 2. The van der Waals surface area contributed by atoms with Gasteiger partial charge in [0.25, 0.3) is 0 Å². The van der Waals surface area contributed by atoms with Crippen LogP contribution in [0.3, 0.4) is 0 Å². The Morgan fingerprint density at radius 3 is 2.35 bits per heavy atom. The van der Waals surface area contributed by atoms with Crippen LogP contribution in [0, 0.1) is 0 Å². The maximum absolute atomic E-state index is 12.6. The van der Waals surface area contributed by atoms with E-state index in [0.717, 1.165) is 4.90 Å². The van der Waals surface area contributed by atoms with Crippen LogP contribution >= 0.6 is 23.2 Å². The molecule has 0 radical (unpaired) electrons. The van der Waals surface area contributed by atoms with Crippen molar-refractivity contribution in [2.45, 2.75) is 18.4 Å². The number of hydrogen-bond acceptors (Lipinski definition) is 2. The summed E-state index contributed by atoms with van der Waals surface area (Å²) in [6, 6.07) is 13.1. The molecule has 2 aromatic rings. The Kier molecular flexibility index (Phi) is 3.82. The van der Waals surface area contributed by atoms with Gasteiger partial charge in [0.05, 0.1) is 11.5 Å². The largest absolute Gasteiger partial charge is 0.465 e. The average molecular weight is 350 g/mol. The number of β-lactam (4-membered cyclic amide) rings is 1. The first-order valence-electron chi connectivity index (χ1n) is 6.94. The highest BCUT2D eigenvalue weighted by Gasteiger charge is 2.61. The molecule has 1 N–H and O–H groups in total. The molecule has 118 valence electrons. The van der Waals surface area contributed by atoms with Gasteiger partial charge in [0.1, 0.15) is 0 Å². The number of halogens is 2. The Morgan fingerprint density at radius 1 is 1.13 bits per heavy atom. The van der Waals surface area contributed by atoms with Crippen LogP contribution in [0.2, 0.25) is 10.0 Å². The fourth-order valence-corrected chi connectivity index (χ4v) is 3.41. The Labute approximate surface area is 143 Å². The molecule has 4 nitrogen and oxygen atoms in total. The highest BCUT2D eigenvalue weighted by atomic mass is 35.5. The number of carbonyl (C=O) groups excluding carboxylic acids is 1. The van der Waals surface area contributed by atoms with Gasteiger partial charge in [-0.1, -0.05) is 47.5 Å². The molecule has 0 bridgehead atoms. The van der Waals surface area contributed by atoms with Gasteiger partial charge in [-0.3, -0.25) is 4.79 Å². The third-order valence-corrected chi connectivity index (χ3v) is 4.77. The third kappa shape index (κ3) is 2.38. The monoisotopic (exact) mass is 349 g/mol. The maximum atomic E-state index is 12.6. The number of imide groups is 1. The molecule has 2 unspecified atom stereocenters. The standard InChI is InChI=1S/C17H13Cl2NO3/c1-17(11-3-2-4-13(19)9-11)14(20(15(17)21)16(22)23)10-5-7-12(18)8-6-10/h2-9,14H,1H3,(H,22,23). The molecule has 1 aliphatic rings. The third-order valence-electron chi connectivity index (χ3n) is 4.28. The molecule has 1 heterocycles. The molecule has 23 heavy (non-hydrogen) atoms. The van der Waals surface area contributed by atoms with Crippen molar-refractivity contribution in [2.24, 2.45) is 0 Å². The molecule has 1 fully saturated rings. The molecule has 0 aromatic heterocycles. The number of likely N-dealkylation sites (tertiary alicyclic amines) is 1. The fourth-order valence-electron chi connectivity index (χ4n) is 3.09. The van der Waals surface area contributed by atoms with E-state index in [1.54, 1.807) is 55.5 Å². The van der Waals surface area contributed by atoms with Crippen molar-refractivity contribution in [3.63, 3.8) is 0 Å². The van der Waals surface area contributed by atoms with Crippen LogP contribution in [-0.4, -0.2) is 22.0 Å². The lowest BCUT2D eigenvalue weighted by atomic mass is 9.65. The maximum Gasteiger partial charge on any atom is 0.414 e. The van der Waals surface area contributed by atoms with Gasteiger partial charge in [-0.25, -0.2) is 9.69 Å². The quantitative estimate of drug-likeness (QED) is 0.811. The Bertz CT molecular complexity index is 791. The minimum atomic E-state index is -1.27. The second-order valence-corrected chi connectivity index (χ2v) is 6.50. The van der Waals surface area contributed by atoms with E-state index < -0.39 is 23.5 Å². The molecule has 1 saturated heterocycles. The number of rotatable bonds is 2. The fraction of sp³-hybridized carbons (Fsp3) is 0.176. The van der Waals surface area contributed by atoms with Crippen molar-refractivity contribution in [3.8, 4) is 0 Å². The molecule has 3 rings (SSSR count). The summed E-state index contributed by atoms with van der Waals surface area (Å²) in [4.78, 5) is 24.9. The van der Waals surface area contributed by atoms with E-state index in [-0.39, 0.29) is 0 Å². The zero-order chi connectivity index (χ0) is 16.8. The SMILES string of the molecule is CC1(c2cccc(Cl)c2)C(=O)N(C(=O)O)C1c1ccc(Cl)cc1. The molecule has 2 amide bonds. The molecule has 2 atom stereocenters. The van der Waals surface area contributed by atoms with Gasteiger partial charge in [0.15, 0.2) is 0 Å². The van der Waals surface area contributed by atoms with Crippen LogP contribution in [0.1, 0.15) is 24.1 Å². The second-order valence-electron chi connectivity index (χ2n) is 5.62. The van der Waals surface area contributed by atoms with Gasteiger partial charge >= 0.3 is 6.09 Å². The molecule has 0 aliphatic carbocycles. The predicted molar refractivity (Wildman–Crippen MR) is 87.9 cm³/mol. The van der Waals surface area contributed by atoms with Crippen LogP contribution in [0.5, 0.6) is 0 Å². The molecule has 0 saturated carbocycles. The van der Waals surface area contributed by atoms with Gasteiger partial charge in [-0.2, -0.15) is 0 Å². The first-order valence-corrected chi connectivity index (χ1v) is 7.69. The van der Waals surface area contributed by atoms with Crippen LogP contribution in [0.15, 0.2) is 48.5 Å². The summed E-state index contributed by atoms with van der Waals surface area (Å²) in [5, 5.41) is 10.4. The molecular weight excluding hydrogens is 337 g/mol. The number of carbonyl (C=O) groups is 2. The van der Waals surface area contributed by atoms with Gasteiger partial charge in [-0.15, -0.1) is 0 Å². The first kappa shape index (κ1) is 15.8. The van der Waals surface area contributed by atoms with Crippen LogP contribution < -0.4 is 0 Å². The molecule has 6 heteroatoms. The summed E-state index contributed by atoms with van der Waals surface area (Å²) in [5.41, 5.74) is 0.406. The second kappa shape index (κ2) is 5.55. The zero-order valence-corrected chi connectivity index (χ0v) is 13.7. The lowest BCUT2D eigenvalue weighted by Crippen LogP contribution is -2.66. The number of hydrogen-bond donors (Lipinski definition) is 1. The van der Waals surface area contributed by atoms with Gasteiger partial charge in [0, 0.05) is 10.0 Å². The van der Waals surface area contributed by atoms with E-state index in [4.69, 9.17) is 23.2 Å². The number of nitrogens with zero attached hydrogens (tertiary/aromatic N) is 1. The van der Waals surface area contributed by atoms with Crippen LogP contribution in [0.25, 0.3) is 0 Å². The van der Waals surface area contributed by atoms with E-state index in [1.807, 2.05) is 0 Å². The topological polar surface area (TPSA) is 57.6 Å². The predicted octanol–water partition coefficient (Wildman–Crippen LogP) is 4.51. The lowest BCUT2D eigenvalue weighted by Gasteiger charge is -2.52. The molecule has 1 aliphatic heterocycles. The summed E-state index contributed by atoms with van der Waals surface area (Å²) in [7, 11) is 0. The normalized spacial score (nSPS) is 23.5. The summed E-state index contributed by atoms with van der Waals surface area (Å²) in [6.07, 6.45) is -1.27. The van der Waals surface area contributed by atoms with Crippen molar-refractivity contribution in [1.29, 1.82) is 0 Å². The van der Waals surface area contributed by atoms with E-state index in [2.05, 4.69) is 0 Å². The van der Waals surface area contributed by atoms with E-state index in [0.29, 0.717) is 21.2 Å². The summed E-state index contributed by atoms with van der Waals surface area (Å²) in [6.45, 7) is 1.74. The average Bonchev–Trinajstić information content (AvgIpc) is 2.52. The zero-order valence-electron chi connectivity index (χ0n) is 12.2. The Morgan fingerprint density at radius 2 is 1.78 bits per heavy atom. The van der Waals surface area contributed by atoms with E-state index >= 15 is 0 Å². The molecule has 0 spiro atoms. The van der Waals surface area contributed by atoms with Crippen molar-refractivity contribution in [1.82, 2.24) is 4.90 Å². The highest BCUT2D eigenvalue weighted by molar-refractivity contribution is 6.31. The summed E-state index contributed by atoms with van der Waals surface area (Å²) >= 11 is 11.9. The van der Waals surface area contributed by atoms with E-state index in [9.17, 15) is 14.7 Å². The minimum Gasteiger partial charge on any atom is -0.465 e.